The van der Waals surface area contributed by atoms with Gasteiger partial charge in [-0.3, -0.25) is 4.90 Å². The highest BCUT2D eigenvalue weighted by Crippen LogP contribution is 2.33. The topological polar surface area (TPSA) is 23.5 Å². The molecule has 0 aromatic carbocycles. The Bertz CT molecular complexity index is 185. The minimum atomic E-state index is -0.0492. The van der Waals surface area contributed by atoms with Gasteiger partial charge in [0.15, 0.2) is 0 Å². The molecule has 0 heterocycles. The number of hydrogen-bond acceptors (Lipinski definition) is 2. The maximum Gasteiger partial charge on any atom is 0.0695 e. The molecule has 0 saturated heterocycles. The van der Waals surface area contributed by atoms with E-state index in [0.717, 1.165) is 19.1 Å². The second-order valence-electron chi connectivity index (χ2n) is 5.28. The first-order valence-electron chi connectivity index (χ1n) is 6.73. The quantitative estimate of drug-likeness (QED) is 0.755. The van der Waals surface area contributed by atoms with E-state index in [0.29, 0.717) is 5.92 Å². The first-order chi connectivity index (χ1) is 7.31. The van der Waals surface area contributed by atoms with Crippen molar-refractivity contribution in [2.24, 2.45) is 5.92 Å². The van der Waals surface area contributed by atoms with Gasteiger partial charge in [-0.05, 0) is 38.1 Å². The molecule has 0 spiro atoms. The van der Waals surface area contributed by atoms with Gasteiger partial charge in [0.25, 0.3) is 0 Å². The summed E-state index contributed by atoms with van der Waals surface area (Å²) in [6, 6.07) is 0.761. The number of aliphatic hydroxyl groups excluding tert-OH is 1. The largest absolute Gasteiger partial charge is 0.392 e. The van der Waals surface area contributed by atoms with E-state index in [4.69, 9.17) is 0 Å². The SMILES string of the molecule is CCN(CC(O)C1CC1)C1CCCCC1. The summed E-state index contributed by atoms with van der Waals surface area (Å²) in [4.78, 5) is 2.52. The Balaban J connectivity index is 1.79. The molecule has 0 radical (unpaired) electrons. The van der Waals surface area contributed by atoms with Gasteiger partial charge in [0.05, 0.1) is 6.10 Å². The zero-order valence-electron chi connectivity index (χ0n) is 9.99. The Morgan fingerprint density at radius 1 is 1.13 bits per heavy atom. The van der Waals surface area contributed by atoms with E-state index in [-0.39, 0.29) is 6.10 Å². The standard InChI is InChI=1S/C13H25NO/c1-2-14(10-13(15)11-8-9-11)12-6-4-3-5-7-12/h11-13,15H,2-10H2,1H3. The molecule has 2 rings (SSSR count). The zero-order valence-corrected chi connectivity index (χ0v) is 9.99. The molecule has 2 aliphatic rings. The van der Waals surface area contributed by atoms with Crippen molar-refractivity contribution in [3.63, 3.8) is 0 Å². The number of likely N-dealkylation sites (N-methyl/N-ethyl adjacent to an activating group) is 1. The molecule has 0 aromatic heterocycles. The molecule has 88 valence electrons. The highest BCUT2D eigenvalue weighted by molar-refractivity contribution is 4.85. The molecule has 0 aromatic rings. The van der Waals surface area contributed by atoms with Crippen molar-refractivity contribution in [1.29, 1.82) is 0 Å². The van der Waals surface area contributed by atoms with Gasteiger partial charge in [0.2, 0.25) is 0 Å². The minimum absolute atomic E-state index is 0.0492. The Morgan fingerprint density at radius 3 is 2.33 bits per heavy atom. The van der Waals surface area contributed by atoms with Crippen LogP contribution in [0.1, 0.15) is 51.9 Å². The molecule has 2 aliphatic carbocycles. The van der Waals surface area contributed by atoms with Gasteiger partial charge >= 0.3 is 0 Å². The van der Waals surface area contributed by atoms with Crippen LogP contribution >= 0.6 is 0 Å². The van der Waals surface area contributed by atoms with Gasteiger partial charge < -0.3 is 5.11 Å². The Hall–Kier alpha value is -0.0800. The monoisotopic (exact) mass is 211 g/mol. The number of aliphatic hydroxyl groups is 1. The van der Waals surface area contributed by atoms with E-state index in [1.165, 1.54) is 44.9 Å². The van der Waals surface area contributed by atoms with Gasteiger partial charge in [-0.15, -0.1) is 0 Å². The van der Waals surface area contributed by atoms with Gasteiger partial charge in [0.1, 0.15) is 0 Å². The van der Waals surface area contributed by atoms with Crippen molar-refractivity contribution >= 4 is 0 Å². The lowest BCUT2D eigenvalue weighted by molar-refractivity contribution is 0.0645. The molecule has 1 atom stereocenters. The van der Waals surface area contributed by atoms with Crippen molar-refractivity contribution in [2.75, 3.05) is 13.1 Å². The Morgan fingerprint density at radius 2 is 1.80 bits per heavy atom. The maximum absolute atomic E-state index is 9.98. The summed E-state index contributed by atoms with van der Waals surface area (Å²) in [6.07, 6.45) is 9.36. The van der Waals surface area contributed by atoms with E-state index in [1.807, 2.05) is 0 Å². The normalized spacial score (nSPS) is 25.8. The number of nitrogens with zero attached hydrogens (tertiary/aromatic N) is 1. The summed E-state index contributed by atoms with van der Waals surface area (Å²) in [7, 11) is 0. The minimum Gasteiger partial charge on any atom is -0.392 e. The molecule has 2 nitrogen and oxygen atoms in total. The van der Waals surface area contributed by atoms with Gasteiger partial charge in [-0.25, -0.2) is 0 Å². The lowest BCUT2D eigenvalue weighted by atomic mass is 9.94. The smallest absolute Gasteiger partial charge is 0.0695 e. The van der Waals surface area contributed by atoms with Crippen molar-refractivity contribution in [3.8, 4) is 0 Å². The zero-order chi connectivity index (χ0) is 10.7. The summed E-state index contributed by atoms with van der Waals surface area (Å²) in [5, 5.41) is 9.98. The Kier molecular flexibility index (Phi) is 4.04. The molecule has 15 heavy (non-hydrogen) atoms. The molecular formula is C13H25NO. The van der Waals surface area contributed by atoms with Crippen LogP contribution in [0.15, 0.2) is 0 Å². The predicted octanol–water partition coefficient (Wildman–Crippen LogP) is 2.41. The maximum atomic E-state index is 9.98. The average Bonchev–Trinajstić information content (AvgIpc) is 3.10. The van der Waals surface area contributed by atoms with Gasteiger partial charge in [-0.2, -0.15) is 0 Å². The van der Waals surface area contributed by atoms with Crippen LogP contribution in [0, 0.1) is 5.92 Å². The molecule has 2 fully saturated rings. The van der Waals surface area contributed by atoms with Crippen LogP contribution in [0.3, 0.4) is 0 Å². The summed E-state index contributed by atoms with van der Waals surface area (Å²) in [5.41, 5.74) is 0. The van der Waals surface area contributed by atoms with E-state index < -0.39 is 0 Å². The van der Waals surface area contributed by atoms with Crippen LogP contribution in [0.2, 0.25) is 0 Å². The first kappa shape index (κ1) is 11.4. The van der Waals surface area contributed by atoms with Gasteiger partial charge in [-0.1, -0.05) is 26.2 Å². The first-order valence-corrected chi connectivity index (χ1v) is 6.73. The highest BCUT2D eigenvalue weighted by Gasteiger charge is 2.32. The molecule has 0 amide bonds. The Labute approximate surface area is 93.7 Å². The van der Waals surface area contributed by atoms with E-state index in [2.05, 4.69) is 11.8 Å². The molecule has 1 N–H and O–H groups in total. The average molecular weight is 211 g/mol. The van der Waals surface area contributed by atoms with Crippen LogP contribution in [0.4, 0.5) is 0 Å². The number of rotatable bonds is 5. The lowest BCUT2D eigenvalue weighted by Crippen LogP contribution is -2.42. The third kappa shape index (κ3) is 3.18. The van der Waals surface area contributed by atoms with Crippen LogP contribution < -0.4 is 0 Å². The molecule has 2 saturated carbocycles. The second kappa shape index (κ2) is 5.31. The second-order valence-corrected chi connectivity index (χ2v) is 5.28. The van der Waals surface area contributed by atoms with E-state index in [9.17, 15) is 5.11 Å². The van der Waals surface area contributed by atoms with Crippen LogP contribution in [-0.4, -0.2) is 35.2 Å². The number of hydrogen-bond donors (Lipinski definition) is 1. The van der Waals surface area contributed by atoms with Crippen molar-refractivity contribution in [3.05, 3.63) is 0 Å². The van der Waals surface area contributed by atoms with Crippen molar-refractivity contribution in [2.45, 2.75) is 64.0 Å². The van der Waals surface area contributed by atoms with Crippen LogP contribution in [0.5, 0.6) is 0 Å². The molecule has 0 bridgehead atoms. The fraction of sp³-hybridized carbons (Fsp3) is 1.00. The fourth-order valence-corrected chi connectivity index (χ4v) is 2.85. The highest BCUT2D eigenvalue weighted by atomic mass is 16.3. The molecular weight excluding hydrogens is 186 g/mol. The van der Waals surface area contributed by atoms with Gasteiger partial charge in [0, 0.05) is 12.6 Å². The molecule has 0 aliphatic heterocycles. The predicted molar refractivity (Wildman–Crippen MR) is 62.9 cm³/mol. The fourth-order valence-electron chi connectivity index (χ4n) is 2.85. The third-order valence-electron chi connectivity index (χ3n) is 4.09. The van der Waals surface area contributed by atoms with E-state index >= 15 is 0 Å². The molecule has 1 unspecified atom stereocenters. The summed E-state index contributed by atoms with van der Waals surface area (Å²) < 4.78 is 0. The van der Waals surface area contributed by atoms with E-state index in [1.54, 1.807) is 0 Å². The third-order valence-corrected chi connectivity index (χ3v) is 4.09. The summed E-state index contributed by atoms with van der Waals surface area (Å²) in [5.74, 6) is 0.627. The van der Waals surface area contributed by atoms with Crippen molar-refractivity contribution in [1.82, 2.24) is 4.90 Å². The molecule has 2 heteroatoms. The lowest BCUT2D eigenvalue weighted by Gasteiger charge is -2.34. The summed E-state index contributed by atoms with van der Waals surface area (Å²) >= 11 is 0. The van der Waals surface area contributed by atoms with Crippen LogP contribution in [-0.2, 0) is 0 Å². The summed E-state index contributed by atoms with van der Waals surface area (Å²) in [6.45, 7) is 4.26. The van der Waals surface area contributed by atoms with Crippen molar-refractivity contribution < 1.29 is 5.11 Å². The van der Waals surface area contributed by atoms with Crippen LogP contribution in [0.25, 0.3) is 0 Å².